The summed E-state index contributed by atoms with van der Waals surface area (Å²) >= 11 is 0. The van der Waals surface area contributed by atoms with Crippen molar-refractivity contribution in [1.29, 1.82) is 5.26 Å². The molecule has 0 aliphatic heterocycles. The number of fused-ring (bicyclic) bond motifs is 1. The smallest absolute Gasteiger partial charge is 0.112 e. The van der Waals surface area contributed by atoms with E-state index in [0.29, 0.717) is 17.4 Å². The lowest BCUT2D eigenvalue weighted by Gasteiger charge is -2.16. The van der Waals surface area contributed by atoms with E-state index in [4.69, 9.17) is 10.2 Å². The highest BCUT2D eigenvalue weighted by atomic mass is 15.1. The molecule has 0 aliphatic carbocycles. The van der Waals surface area contributed by atoms with Crippen LogP contribution < -0.4 is 0 Å². The molecule has 0 spiro atoms. The van der Waals surface area contributed by atoms with Gasteiger partial charge in [0.2, 0.25) is 0 Å². The number of hydrogen-bond donors (Lipinski definition) is 0. The Balaban J connectivity index is 2.64. The first-order valence-corrected chi connectivity index (χ1v) is 6.48. The van der Waals surface area contributed by atoms with Gasteiger partial charge in [-0.15, -0.1) is 0 Å². The Morgan fingerprint density at radius 1 is 1.33 bits per heavy atom. The standard InChI is InChI=1S/C15H19N3/c1-5-18-14-7-6-12(9-16)8-13(14)17-15(18)11(4)10(2)3/h6-8,10-11H,5H2,1-4H3. The first kappa shape index (κ1) is 12.6. The molecule has 0 radical (unpaired) electrons. The van der Waals surface area contributed by atoms with E-state index in [9.17, 15) is 0 Å². The second-order valence-corrected chi connectivity index (χ2v) is 5.06. The van der Waals surface area contributed by atoms with Crippen LogP contribution in [0.3, 0.4) is 0 Å². The Kier molecular flexibility index (Phi) is 3.38. The molecule has 1 unspecified atom stereocenters. The van der Waals surface area contributed by atoms with Gasteiger partial charge in [0.15, 0.2) is 0 Å². The highest BCUT2D eigenvalue weighted by Crippen LogP contribution is 2.27. The molecule has 0 amide bonds. The van der Waals surface area contributed by atoms with Crippen molar-refractivity contribution >= 4 is 11.0 Å². The molecule has 18 heavy (non-hydrogen) atoms. The van der Waals surface area contributed by atoms with Crippen LogP contribution in [-0.2, 0) is 6.54 Å². The Hall–Kier alpha value is -1.82. The van der Waals surface area contributed by atoms with E-state index < -0.39 is 0 Å². The zero-order chi connectivity index (χ0) is 13.3. The van der Waals surface area contributed by atoms with E-state index in [2.05, 4.69) is 38.3 Å². The van der Waals surface area contributed by atoms with Crippen LogP contribution in [0.1, 0.15) is 45.0 Å². The molecule has 3 nitrogen and oxygen atoms in total. The first-order chi connectivity index (χ1) is 8.58. The fraction of sp³-hybridized carbons (Fsp3) is 0.467. The summed E-state index contributed by atoms with van der Waals surface area (Å²) in [6, 6.07) is 7.90. The minimum atomic E-state index is 0.419. The van der Waals surface area contributed by atoms with E-state index in [1.807, 2.05) is 18.2 Å². The fourth-order valence-corrected chi connectivity index (χ4v) is 2.20. The van der Waals surface area contributed by atoms with Gasteiger partial charge in [-0.3, -0.25) is 0 Å². The Labute approximate surface area is 108 Å². The van der Waals surface area contributed by atoms with E-state index in [0.717, 1.165) is 23.4 Å². The fourth-order valence-electron chi connectivity index (χ4n) is 2.20. The van der Waals surface area contributed by atoms with E-state index in [1.165, 1.54) is 0 Å². The second-order valence-electron chi connectivity index (χ2n) is 5.06. The highest BCUT2D eigenvalue weighted by Gasteiger charge is 2.18. The summed E-state index contributed by atoms with van der Waals surface area (Å²) in [4.78, 5) is 4.73. The van der Waals surface area contributed by atoms with Gasteiger partial charge in [0.05, 0.1) is 22.7 Å². The third-order valence-electron chi connectivity index (χ3n) is 3.63. The number of imidazole rings is 1. The molecule has 1 aromatic heterocycles. The maximum atomic E-state index is 8.94. The number of aryl methyl sites for hydroxylation is 1. The van der Waals surface area contributed by atoms with Crippen LogP contribution in [0.5, 0.6) is 0 Å². The maximum Gasteiger partial charge on any atom is 0.112 e. The maximum absolute atomic E-state index is 8.94. The van der Waals surface area contributed by atoms with Crippen LogP contribution in [0.15, 0.2) is 18.2 Å². The summed E-state index contributed by atoms with van der Waals surface area (Å²) in [5, 5.41) is 8.94. The molecule has 3 heteroatoms. The summed E-state index contributed by atoms with van der Waals surface area (Å²) in [5.74, 6) is 2.10. The lowest BCUT2D eigenvalue weighted by atomic mass is 9.97. The minimum absolute atomic E-state index is 0.419. The van der Waals surface area contributed by atoms with Crippen molar-refractivity contribution in [2.24, 2.45) is 5.92 Å². The van der Waals surface area contributed by atoms with Crippen LogP contribution in [0, 0.1) is 17.2 Å². The summed E-state index contributed by atoms with van der Waals surface area (Å²) < 4.78 is 2.25. The second kappa shape index (κ2) is 4.81. The number of nitrogens with zero attached hydrogens (tertiary/aromatic N) is 3. The molecule has 0 N–H and O–H groups in total. The predicted octanol–water partition coefficient (Wildman–Crippen LogP) is 3.69. The van der Waals surface area contributed by atoms with Crippen LogP contribution in [0.25, 0.3) is 11.0 Å². The average molecular weight is 241 g/mol. The Morgan fingerprint density at radius 3 is 2.61 bits per heavy atom. The van der Waals surface area contributed by atoms with Gasteiger partial charge in [0.25, 0.3) is 0 Å². The van der Waals surface area contributed by atoms with Gasteiger partial charge in [-0.1, -0.05) is 20.8 Å². The number of benzene rings is 1. The van der Waals surface area contributed by atoms with Gasteiger partial charge in [0.1, 0.15) is 5.82 Å². The largest absolute Gasteiger partial charge is 0.328 e. The molecule has 0 fully saturated rings. The predicted molar refractivity (Wildman–Crippen MR) is 73.4 cm³/mol. The van der Waals surface area contributed by atoms with Gasteiger partial charge < -0.3 is 4.57 Å². The van der Waals surface area contributed by atoms with Crippen molar-refractivity contribution in [3.63, 3.8) is 0 Å². The monoisotopic (exact) mass is 241 g/mol. The quantitative estimate of drug-likeness (QED) is 0.822. The summed E-state index contributed by atoms with van der Waals surface area (Å²) in [7, 11) is 0. The molecule has 0 aliphatic rings. The molecular weight excluding hydrogens is 222 g/mol. The van der Waals surface area contributed by atoms with Gasteiger partial charge in [-0.25, -0.2) is 4.98 Å². The van der Waals surface area contributed by atoms with E-state index in [1.54, 1.807) is 0 Å². The van der Waals surface area contributed by atoms with Crippen LogP contribution in [0.2, 0.25) is 0 Å². The highest BCUT2D eigenvalue weighted by molar-refractivity contribution is 5.77. The molecule has 0 bridgehead atoms. The first-order valence-electron chi connectivity index (χ1n) is 6.48. The summed E-state index contributed by atoms with van der Waals surface area (Å²) in [6.07, 6.45) is 0. The van der Waals surface area contributed by atoms with Crippen molar-refractivity contribution in [2.75, 3.05) is 0 Å². The minimum Gasteiger partial charge on any atom is -0.328 e. The molecule has 0 saturated heterocycles. The Bertz CT molecular complexity index is 602. The van der Waals surface area contributed by atoms with E-state index in [-0.39, 0.29) is 0 Å². The average Bonchev–Trinajstić information content (AvgIpc) is 2.74. The van der Waals surface area contributed by atoms with Crippen LogP contribution in [-0.4, -0.2) is 9.55 Å². The molecular formula is C15H19N3. The van der Waals surface area contributed by atoms with Gasteiger partial charge in [-0.2, -0.15) is 5.26 Å². The molecule has 1 heterocycles. The zero-order valence-electron chi connectivity index (χ0n) is 11.4. The third kappa shape index (κ3) is 1.99. The van der Waals surface area contributed by atoms with Gasteiger partial charge in [-0.05, 0) is 31.0 Å². The molecule has 94 valence electrons. The molecule has 0 saturated carbocycles. The number of nitriles is 1. The normalized spacial score (nSPS) is 12.9. The van der Waals surface area contributed by atoms with Gasteiger partial charge >= 0.3 is 0 Å². The molecule has 2 rings (SSSR count). The van der Waals surface area contributed by atoms with E-state index >= 15 is 0 Å². The van der Waals surface area contributed by atoms with Crippen molar-refractivity contribution in [1.82, 2.24) is 9.55 Å². The third-order valence-corrected chi connectivity index (χ3v) is 3.63. The lowest BCUT2D eigenvalue weighted by Crippen LogP contribution is -2.10. The molecule has 1 atom stereocenters. The number of rotatable bonds is 3. The lowest BCUT2D eigenvalue weighted by molar-refractivity contribution is 0.491. The molecule has 2 aromatic rings. The summed E-state index contributed by atoms with van der Waals surface area (Å²) in [6.45, 7) is 9.68. The van der Waals surface area contributed by atoms with Crippen molar-refractivity contribution in [3.05, 3.63) is 29.6 Å². The SMILES string of the molecule is CCn1c(C(C)C(C)C)nc2cc(C#N)ccc21. The Morgan fingerprint density at radius 2 is 2.06 bits per heavy atom. The van der Waals surface area contributed by atoms with Crippen molar-refractivity contribution in [3.8, 4) is 6.07 Å². The van der Waals surface area contributed by atoms with Crippen LogP contribution >= 0.6 is 0 Å². The van der Waals surface area contributed by atoms with Crippen molar-refractivity contribution < 1.29 is 0 Å². The topological polar surface area (TPSA) is 41.6 Å². The van der Waals surface area contributed by atoms with Crippen LogP contribution in [0.4, 0.5) is 0 Å². The number of hydrogen-bond acceptors (Lipinski definition) is 2. The zero-order valence-corrected chi connectivity index (χ0v) is 11.4. The molecule has 1 aromatic carbocycles. The van der Waals surface area contributed by atoms with Crippen molar-refractivity contribution in [2.45, 2.75) is 40.2 Å². The summed E-state index contributed by atoms with van der Waals surface area (Å²) in [5.41, 5.74) is 2.73. The van der Waals surface area contributed by atoms with Gasteiger partial charge in [0, 0.05) is 12.5 Å². The number of aromatic nitrogens is 2.